The highest BCUT2D eigenvalue weighted by Crippen LogP contribution is 2.44. The second kappa shape index (κ2) is 14.0. The number of alkyl carbamates (subject to hydrolysis) is 1. The van der Waals surface area contributed by atoms with Crippen molar-refractivity contribution in [1.82, 2.24) is 10.6 Å². The molecule has 3 aromatic rings. The third-order valence-corrected chi connectivity index (χ3v) is 7.17. The van der Waals surface area contributed by atoms with Gasteiger partial charge in [0.25, 0.3) is 0 Å². The first-order valence-corrected chi connectivity index (χ1v) is 13.9. The van der Waals surface area contributed by atoms with Gasteiger partial charge in [-0.3, -0.25) is 0 Å². The summed E-state index contributed by atoms with van der Waals surface area (Å²) in [6.07, 6.45) is -17.5. The molecule has 0 bridgehead atoms. The molecule has 1 amide bonds. The molecule has 0 fully saturated rings. The summed E-state index contributed by atoms with van der Waals surface area (Å²) in [5.41, 5.74) is 0.121. The molecule has 3 aromatic carbocycles. The second-order valence-electron chi connectivity index (χ2n) is 10.5. The van der Waals surface area contributed by atoms with Gasteiger partial charge in [0.15, 0.2) is 0 Å². The van der Waals surface area contributed by atoms with Gasteiger partial charge in [-0.05, 0) is 65.4 Å². The van der Waals surface area contributed by atoms with Crippen molar-refractivity contribution < 1.29 is 63.4 Å². The highest BCUT2D eigenvalue weighted by Gasteiger charge is 2.43. The van der Waals surface area contributed by atoms with Crippen LogP contribution in [0.2, 0.25) is 0 Å². The molecule has 47 heavy (non-hydrogen) atoms. The molecule has 0 aliphatic heterocycles. The minimum atomic E-state index is -5.52. The maximum atomic E-state index is 13.1. The number of nitrogens with one attached hydrogen (secondary N) is 2. The Morgan fingerprint density at radius 3 is 1.81 bits per heavy atom. The van der Waals surface area contributed by atoms with Gasteiger partial charge in [-0.25, -0.2) is 14.4 Å². The maximum Gasteiger partial charge on any atom is 0.491 e. The fraction of sp³-hybridized carbons (Fsp3) is 0.323. The molecule has 7 nitrogen and oxygen atoms in total. The molecule has 16 heteroatoms. The van der Waals surface area contributed by atoms with Gasteiger partial charge in [0, 0.05) is 12.5 Å². The van der Waals surface area contributed by atoms with Crippen molar-refractivity contribution in [3.63, 3.8) is 0 Å². The summed E-state index contributed by atoms with van der Waals surface area (Å²) in [6, 6.07) is 13.9. The Hall–Kier alpha value is -4.60. The van der Waals surface area contributed by atoms with Crippen molar-refractivity contribution in [2.45, 2.75) is 49.9 Å². The third-order valence-electron chi connectivity index (χ3n) is 7.17. The predicted molar refractivity (Wildman–Crippen MR) is 147 cm³/mol. The summed E-state index contributed by atoms with van der Waals surface area (Å²) in [5.74, 6) is -4.98. The Bertz CT molecular complexity index is 1540. The molecule has 0 unspecified atom stereocenters. The molecule has 4 rings (SSSR count). The van der Waals surface area contributed by atoms with Crippen LogP contribution in [0.4, 0.5) is 44.3 Å². The van der Waals surface area contributed by atoms with Crippen molar-refractivity contribution >= 4 is 18.0 Å². The zero-order valence-electron chi connectivity index (χ0n) is 24.0. The molecular formula is C31H25F9N2O5. The van der Waals surface area contributed by atoms with Crippen LogP contribution in [0, 0.1) is 0 Å². The highest BCUT2D eigenvalue weighted by atomic mass is 19.4. The molecule has 0 radical (unpaired) electrons. The first-order chi connectivity index (χ1) is 21.9. The lowest BCUT2D eigenvalue weighted by atomic mass is 9.98. The Kier molecular flexibility index (Phi) is 10.5. The van der Waals surface area contributed by atoms with E-state index >= 15 is 0 Å². The van der Waals surface area contributed by atoms with E-state index in [0.29, 0.717) is 12.1 Å². The standard InChI is InChI=1S/C31H25F9N2O5/c32-29(33,34)18-12-17(13-19(14-18)30(35,36)37)15-41-11-5-10-25(26(43)47-27(44)31(38,39)40)42-28(45)46-16-24-22-8-3-1-6-20(22)21-7-2-4-9-23(21)24/h1-4,6-9,12-14,24-25,41H,5,10-11,15-16H2,(H,42,45)/t25-/m0/s1. The number of benzene rings is 3. The second-order valence-corrected chi connectivity index (χ2v) is 10.5. The Morgan fingerprint density at radius 1 is 0.766 bits per heavy atom. The summed E-state index contributed by atoms with van der Waals surface area (Å²) in [6.45, 7) is -0.878. The summed E-state index contributed by atoms with van der Waals surface area (Å²) < 4.78 is 126. The van der Waals surface area contributed by atoms with Crippen molar-refractivity contribution in [2.75, 3.05) is 13.2 Å². The van der Waals surface area contributed by atoms with Gasteiger partial charge >= 0.3 is 36.6 Å². The van der Waals surface area contributed by atoms with Gasteiger partial charge in [-0.2, -0.15) is 39.5 Å². The van der Waals surface area contributed by atoms with Crippen molar-refractivity contribution in [2.24, 2.45) is 0 Å². The lowest BCUT2D eigenvalue weighted by Gasteiger charge is -2.19. The molecule has 252 valence electrons. The molecular weight excluding hydrogens is 651 g/mol. The predicted octanol–water partition coefficient (Wildman–Crippen LogP) is 7.13. The third kappa shape index (κ3) is 9.02. The van der Waals surface area contributed by atoms with Gasteiger partial charge in [0.1, 0.15) is 12.6 Å². The molecule has 1 aliphatic carbocycles. The lowest BCUT2D eigenvalue weighted by molar-refractivity contribution is -0.202. The molecule has 1 aliphatic rings. The summed E-state index contributed by atoms with van der Waals surface area (Å²) >= 11 is 0. The molecule has 0 aromatic heterocycles. The zero-order valence-corrected chi connectivity index (χ0v) is 24.0. The van der Waals surface area contributed by atoms with Gasteiger partial charge in [0.2, 0.25) is 0 Å². The van der Waals surface area contributed by atoms with E-state index in [2.05, 4.69) is 15.4 Å². The number of carbonyl (C=O) groups excluding carboxylic acids is 3. The Morgan fingerprint density at radius 2 is 1.30 bits per heavy atom. The fourth-order valence-corrected chi connectivity index (χ4v) is 5.04. The number of hydrogen-bond donors (Lipinski definition) is 2. The average Bonchev–Trinajstić information content (AvgIpc) is 3.31. The monoisotopic (exact) mass is 676 g/mol. The van der Waals surface area contributed by atoms with Gasteiger partial charge < -0.3 is 20.1 Å². The van der Waals surface area contributed by atoms with Gasteiger partial charge in [-0.1, -0.05) is 48.5 Å². The van der Waals surface area contributed by atoms with Crippen LogP contribution in [0.25, 0.3) is 11.1 Å². The van der Waals surface area contributed by atoms with E-state index in [1.165, 1.54) is 0 Å². The molecule has 0 spiro atoms. The molecule has 0 heterocycles. The first kappa shape index (κ1) is 35.3. The van der Waals surface area contributed by atoms with E-state index in [-0.39, 0.29) is 31.2 Å². The van der Waals surface area contributed by atoms with Crippen molar-refractivity contribution in [3.8, 4) is 11.1 Å². The number of esters is 2. The smallest absolute Gasteiger partial charge is 0.449 e. The molecule has 0 saturated heterocycles. The minimum absolute atomic E-state index is 0.0308. The SMILES string of the molecule is O=C(N[C@@H](CCCNCc1cc(C(F)(F)F)cc(C(F)(F)F)c1)C(=O)OC(=O)C(F)(F)F)OCC1c2ccccc2-c2ccccc21. The minimum Gasteiger partial charge on any atom is -0.449 e. The van der Waals surface area contributed by atoms with E-state index in [4.69, 9.17) is 4.74 Å². The number of rotatable bonds is 10. The zero-order chi connectivity index (χ0) is 34.6. The van der Waals surface area contributed by atoms with Crippen LogP contribution in [-0.4, -0.2) is 43.4 Å². The van der Waals surface area contributed by atoms with Crippen LogP contribution in [0.15, 0.2) is 66.7 Å². The molecule has 0 saturated carbocycles. The van der Waals surface area contributed by atoms with Crippen LogP contribution in [-0.2, 0) is 38.0 Å². The first-order valence-electron chi connectivity index (χ1n) is 13.9. The van der Waals surface area contributed by atoms with Gasteiger partial charge in [-0.15, -0.1) is 0 Å². The van der Waals surface area contributed by atoms with Crippen LogP contribution in [0.1, 0.15) is 46.6 Å². The number of carbonyl (C=O) groups is 3. The number of fused-ring (bicyclic) bond motifs is 3. The van der Waals surface area contributed by atoms with Crippen LogP contribution >= 0.6 is 0 Å². The number of ether oxygens (including phenoxy) is 2. The Balaban J connectivity index is 1.38. The van der Waals surface area contributed by atoms with E-state index < -0.39 is 72.6 Å². The average molecular weight is 677 g/mol. The van der Waals surface area contributed by atoms with E-state index in [0.717, 1.165) is 22.3 Å². The topological polar surface area (TPSA) is 93.7 Å². The van der Waals surface area contributed by atoms with E-state index in [1.54, 1.807) is 12.1 Å². The fourth-order valence-electron chi connectivity index (χ4n) is 5.04. The van der Waals surface area contributed by atoms with E-state index in [9.17, 15) is 53.9 Å². The van der Waals surface area contributed by atoms with Crippen molar-refractivity contribution in [3.05, 3.63) is 94.5 Å². The normalized spacial score (nSPS) is 13.8. The number of alkyl halides is 9. The summed E-state index contributed by atoms with van der Waals surface area (Å²) in [4.78, 5) is 36.3. The van der Waals surface area contributed by atoms with Gasteiger partial charge in [0.05, 0.1) is 11.1 Å². The van der Waals surface area contributed by atoms with E-state index in [1.807, 2.05) is 36.4 Å². The number of halogens is 9. The van der Waals surface area contributed by atoms with Crippen LogP contribution in [0.3, 0.4) is 0 Å². The number of hydrogen-bond acceptors (Lipinski definition) is 6. The molecule has 1 atom stereocenters. The summed E-state index contributed by atoms with van der Waals surface area (Å²) in [5, 5.41) is 4.64. The van der Waals surface area contributed by atoms with Crippen molar-refractivity contribution in [1.29, 1.82) is 0 Å². The molecule has 2 N–H and O–H groups in total. The highest BCUT2D eigenvalue weighted by molar-refractivity contribution is 5.92. The quantitative estimate of drug-likeness (QED) is 0.103. The van der Waals surface area contributed by atoms with Crippen LogP contribution < -0.4 is 10.6 Å². The Labute approximate surface area is 261 Å². The largest absolute Gasteiger partial charge is 0.491 e. The summed E-state index contributed by atoms with van der Waals surface area (Å²) in [7, 11) is 0. The lowest BCUT2D eigenvalue weighted by Crippen LogP contribution is -2.44. The number of amides is 1. The van der Waals surface area contributed by atoms with Crippen LogP contribution in [0.5, 0.6) is 0 Å². The maximum absolute atomic E-state index is 13.1.